The fourth-order valence-electron chi connectivity index (χ4n) is 2.41. The number of hydrogen-bond acceptors (Lipinski definition) is 5. The van der Waals surface area contributed by atoms with Crippen molar-refractivity contribution in [3.63, 3.8) is 0 Å². The van der Waals surface area contributed by atoms with E-state index in [4.69, 9.17) is 4.74 Å². The summed E-state index contributed by atoms with van der Waals surface area (Å²) in [4.78, 5) is 21.9. The Balaban J connectivity index is 1.77. The fourth-order valence-corrected chi connectivity index (χ4v) is 2.41. The van der Waals surface area contributed by atoms with Crippen LogP contribution in [0.25, 0.3) is 0 Å². The number of nitrogens with one attached hydrogen (secondary N) is 1. The van der Waals surface area contributed by atoms with Gasteiger partial charge in [-0.15, -0.1) is 0 Å². The molecule has 0 aliphatic carbocycles. The maximum absolute atomic E-state index is 11.8. The van der Waals surface area contributed by atoms with Crippen molar-refractivity contribution in [1.82, 2.24) is 5.43 Å². The Labute approximate surface area is 151 Å². The Morgan fingerprint density at radius 3 is 2.65 bits per heavy atom. The molecule has 0 aliphatic rings. The zero-order valence-corrected chi connectivity index (χ0v) is 14.8. The van der Waals surface area contributed by atoms with Gasteiger partial charge in [0.1, 0.15) is 5.75 Å². The van der Waals surface area contributed by atoms with Crippen LogP contribution < -0.4 is 10.2 Å². The molecule has 136 valence electrons. The van der Waals surface area contributed by atoms with Crippen molar-refractivity contribution in [1.29, 1.82) is 0 Å². The second-order valence-electron chi connectivity index (χ2n) is 5.81. The zero-order chi connectivity index (χ0) is 18.9. The first-order valence-electron chi connectivity index (χ1n) is 8.19. The van der Waals surface area contributed by atoms with Crippen molar-refractivity contribution in [2.75, 3.05) is 7.11 Å². The van der Waals surface area contributed by atoms with E-state index in [0.717, 1.165) is 23.3 Å². The third-order valence-corrected chi connectivity index (χ3v) is 3.80. The van der Waals surface area contributed by atoms with E-state index in [9.17, 15) is 14.9 Å². The third kappa shape index (κ3) is 5.70. The average molecular weight is 355 g/mol. The number of carbonyl (C=O) groups is 1. The molecule has 2 rings (SSSR count). The van der Waals surface area contributed by atoms with E-state index in [0.29, 0.717) is 18.4 Å². The van der Waals surface area contributed by atoms with Crippen molar-refractivity contribution in [2.45, 2.75) is 26.2 Å². The first-order chi connectivity index (χ1) is 12.5. The molecule has 0 saturated carbocycles. The number of non-ortho nitro benzene ring substituents is 1. The molecule has 1 N–H and O–H groups in total. The van der Waals surface area contributed by atoms with E-state index in [1.54, 1.807) is 19.2 Å². The lowest BCUT2D eigenvalue weighted by Crippen LogP contribution is -2.17. The summed E-state index contributed by atoms with van der Waals surface area (Å²) < 4.78 is 5.35. The standard InChI is InChI=1S/C19H21N3O4/c1-14-6-9-16(18(12-14)26-2)4-3-5-19(23)21-20-13-15-7-10-17(11-8-15)22(24)25/h6-13H,3-5H2,1-2H3,(H,21,23)/b20-13+. The van der Waals surface area contributed by atoms with E-state index < -0.39 is 4.92 Å². The van der Waals surface area contributed by atoms with Crippen LogP contribution in [0, 0.1) is 17.0 Å². The number of benzene rings is 2. The number of nitro groups is 1. The van der Waals surface area contributed by atoms with Gasteiger partial charge in [0, 0.05) is 18.6 Å². The Morgan fingerprint density at radius 2 is 2.00 bits per heavy atom. The van der Waals surface area contributed by atoms with Crippen LogP contribution in [-0.2, 0) is 11.2 Å². The number of ether oxygens (including phenoxy) is 1. The van der Waals surface area contributed by atoms with Gasteiger partial charge >= 0.3 is 0 Å². The first kappa shape index (κ1) is 19.1. The van der Waals surface area contributed by atoms with E-state index in [1.165, 1.54) is 18.3 Å². The minimum Gasteiger partial charge on any atom is -0.496 e. The van der Waals surface area contributed by atoms with Crippen molar-refractivity contribution in [3.05, 3.63) is 69.3 Å². The van der Waals surface area contributed by atoms with Crippen LogP contribution in [0.3, 0.4) is 0 Å². The quantitative estimate of drug-likeness (QED) is 0.446. The van der Waals surface area contributed by atoms with Gasteiger partial charge in [-0.1, -0.05) is 12.1 Å². The molecule has 0 fully saturated rings. The molecule has 0 unspecified atom stereocenters. The summed E-state index contributed by atoms with van der Waals surface area (Å²) >= 11 is 0. The fraction of sp³-hybridized carbons (Fsp3) is 0.263. The summed E-state index contributed by atoms with van der Waals surface area (Å²) in [7, 11) is 1.64. The van der Waals surface area contributed by atoms with Gasteiger partial charge in [-0.05, 0) is 54.7 Å². The van der Waals surface area contributed by atoms with Gasteiger partial charge in [0.15, 0.2) is 0 Å². The SMILES string of the molecule is COc1cc(C)ccc1CCCC(=O)N/N=C/c1ccc([N+](=O)[O-])cc1. The van der Waals surface area contributed by atoms with Gasteiger partial charge in [0.2, 0.25) is 5.91 Å². The third-order valence-electron chi connectivity index (χ3n) is 3.80. The van der Waals surface area contributed by atoms with Gasteiger partial charge in [0.25, 0.3) is 5.69 Å². The van der Waals surface area contributed by atoms with E-state index in [2.05, 4.69) is 10.5 Å². The number of aryl methyl sites for hydroxylation is 2. The van der Waals surface area contributed by atoms with Gasteiger partial charge in [0.05, 0.1) is 18.2 Å². The van der Waals surface area contributed by atoms with Crippen LogP contribution in [0.4, 0.5) is 5.69 Å². The summed E-state index contributed by atoms with van der Waals surface area (Å²) in [5.74, 6) is 0.649. The van der Waals surface area contributed by atoms with Crippen LogP contribution >= 0.6 is 0 Å². The van der Waals surface area contributed by atoms with E-state index in [1.807, 2.05) is 25.1 Å². The predicted molar refractivity (Wildman–Crippen MR) is 99.5 cm³/mol. The second-order valence-corrected chi connectivity index (χ2v) is 5.81. The minimum absolute atomic E-state index is 0.0118. The molecule has 0 aliphatic heterocycles. The maximum atomic E-state index is 11.8. The maximum Gasteiger partial charge on any atom is 0.269 e. The molecular weight excluding hydrogens is 334 g/mol. The van der Waals surface area contributed by atoms with E-state index >= 15 is 0 Å². The van der Waals surface area contributed by atoms with Crippen LogP contribution in [0.15, 0.2) is 47.6 Å². The molecule has 0 radical (unpaired) electrons. The summed E-state index contributed by atoms with van der Waals surface area (Å²) in [6.07, 6.45) is 3.21. The molecule has 0 saturated heterocycles. The molecule has 7 heteroatoms. The highest BCUT2D eigenvalue weighted by molar-refractivity contribution is 5.82. The Kier molecular flexibility index (Phi) is 6.84. The highest BCUT2D eigenvalue weighted by Crippen LogP contribution is 2.21. The van der Waals surface area contributed by atoms with E-state index in [-0.39, 0.29) is 11.6 Å². The topological polar surface area (TPSA) is 93.8 Å². The van der Waals surface area contributed by atoms with Crippen LogP contribution in [-0.4, -0.2) is 24.2 Å². The van der Waals surface area contributed by atoms with Gasteiger partial charge < -0.3 is 4.74 Å². The largest absolute Gasteiger partial charge is 0.496 e. The highest BCUT2D eigenvalue weighted by atomic mass is 16.6. The summed E-state index contributed by atoms with van der Waals surface area (Å²) in [6, 6.07) is 11.9. The molecule has 0 bridgehead atoms. The molecule has 2 aromatic rings. The Bertz CT molecular complexity index is 801. The Hall–Kier alpha value is -3.22. The average Bonchev–Trinajstić information content (AvgIpc) is 2.63. The lowest BCUT2D eigenvalue weighted by molar-refractivity contribution is -0.384. The zero-order valence-electron chi connectivity index (χ0n) is 14.8. The lowest BCUT2D eigenvalue weighted by atomic mass is 10.0. The van der Waals surface area contributed by atoms with Gasteiger partial charge in [-0.2, -0.15) is 5.10 Å². The number of nitrogens with zero attached hydrogens (tertiary/aromatic N) is 2. The van der Waals surface area contributed by atoms with Crippen molar-refractivity contribution in [2.24, 2.45) is 5.10 Å². The number of nitro benzene ring substituents is 1. The molecule has 7 nitrogen and oxygen atoms in total. The number of methoxy groups -OCH3 is 1. The number of amides is 1. The number of carbonyl (C=O) groups excluding carboxylic acids is 1. The normalized spacial score (nSPS) is 10.7. The van der Waals surface area contributed by atoms with Crippen molar-refractivity contribution < 1.29 is 14.5 Å². The van der Waals surface area contributed by atoms with Gasteiger partial charge in [-0.3, -0.25) is 14.9 Å². The molecule has 0 spiro atoms. The van der Waals surface area contributed by atoms with Crippen LogP contribution in [0.5, 0.6) is 5.75 Å². The summed E-state index contributed by atoms with van der Waals surface area (Å²) in [5, 5.41) is 14.5. The lowest BCUT2D eigenvalue weighted by Gasteiger charge is -2.09. The molecule has 26 heavy (non-hydrogen) atoms. The van der Waals surface area contributed by atoms with Gasteiger partial charge in [-0.25, -0.2) is 5.43 Å². The smallest absolute Gasteiger partial charge is 0.269 e. The Morgan fingerprint density at radius 1 is 1.27 bits per heavy atom. The monoisotopic (exact) mass is 355 g/mol. The predicted octanol–water partition coefficient (Wildman–Crippen LogP) is 3.38. The molecule has 1 amide bonds. The molecule has 0 atom stereocenters. The molecule has 0 heterocycles. The highest BCUT2D eigenvalue weighted by Gasteiger charge is 2.06. The molecule has 0 aromatic heterocycles. The molecule has 2 aromatic carbocycles. The minimum atomic E-state index is -0.467. The van der Waals surface area contributed by atoms with Crippen LogP contribution in [0.1, 0.15) is 29.5 Å². The van der Waals surface area contributed by atoms with Crippen LogP contribution in [0.2, 0.25) is 0 Å². The first-order valence-corrected chi connectivity index (χ1v) is 8.19. The number of hydrogen-bond donors (Lipinski definition) is 1. The number of hydrazone groups is 1. The summed E-state index contributed by atoms with van der Waals surface area (Å²) in [5.41, 5.74) is 5.33. The second kappa shape index (κ2) is 9.31. The summed E-state index contributed by atoms with van der Waals surface area (Å²) in [6.45, 7) is 2.00. The van der Waals surface area contributed by atoms with Crippen molar-refractivity contribution >= 4 is 17.8 Å². The molecular formula is C19H21N3O4. The number of rotatable bonds is 8. The van der Waals surface area contributed by atoms with Crippen molar-refractivity contribution in [3.8, 4) is 5.75 Å².